The first kappa shape index (κ1) is 17.2. The number of amides is 1. The number of nitrogens with zero attached hydrogens (tertiary/aromatic N) is 1. The van der Waals surface area contributed by atoms with Gasteiger partial charge in [-0.3, -0.25) is 4.79 Å². The zero-order chi connectivity index (χ0) is 16.9. The van der Waals surface area contributed by atoms with E-state index >= 15 is 0 Å². The summed E-state index contributed by atoms with van der Waals surface area (Å²) in [6.07, 6.45) is 1.63. The minimum absolute atomic E-state index is 0.0469. The standard InChI is InChI=1S/C16H20N2O4S/c1-13(15-9-6-12-22-15)18(2)16(19)10-11-17-23(20,21)14-7-4-3-5-8-14/h3-9,12-13,17H,10-11H2,1-2H3. The highest BCUT2D eigenvalue weighted by Crippen LogP contribution is 2.19. The van der Waals surface area contributed by atoms with E-state index in [2.05, 4.69) is 4.72 Å². The van der Waals surface area contributed by atoms with Crippen LogP contribution in [0.1, 0.15) is 25.1 Å². The third-order valence-corrected chi connectivity index (χ3v) is 5.09. The first-order valence-electron chi connectivity index (χ1n) is 7.25. The maximum atomic E-state index is 12.2. The average molecular weight is 336 g/mol. The zero-order valence-electron chi connectivity index (χ0n) is 13.1. The SMILES string of the molecule is CC(c1ccco1)N(C)C(=O)CCNS(=O)(=O)c1ccccc1. The highest BCUT2D eigenvalue weighted by atomic mass is 32.2. The number of hydrogen-bond donors (Lipinski definition) is 1. The van der Waals surface area contributed by atoms with Crippen molar-refractivity contribution in [3.8, 4) is 0 Å². The van der Waals surface area contributed by atoms with E-state index in [1.807, 2.05) is 6.92 Å². The first-order valence-corrected chi connectivity index (χ1v) is 8.74. The van der Waals surface area contributed by atoms with Gasteiger partial charge in [0.2, 0.25) is 15.9 Å². The Kier molecular flexibility index (Phi) is 5.57. The van der Waals surface area contributed by atoms with E-state index < -0.39 is 10.0 Å². The van der Waals surface area contributed by atoms with E-state index in [9.17, 15) is 13.2 Å². The molecular weight excluding hydrogens is 316 g/mol. The topological polar surface area (TPSA) is 79.6 Å². The van der Waals surface area contributed by atoms with Crippen LogP contribution in [-0.4, -0.2) is 32.8 Å². The molecule has 0 saturated heterocycles. The maximum absolute atomic E-state index is 12.2. The molecule has 0 radical (unpaired) electrons. The molecule has 0 aliphatic rings. The first-order chi connectivity index (χ1) is 10.9. The van der Waals surface area contributed by atoms with Gasteiger partial charge in [0.25, 0.3) is 0 Å². The lowest BCUT2D eigenvalue weighted by atomic mass is 10.2. The van der Waals surface area contributed by atoms with Crippen LogP contribution in [0.3, 0.4) is 0 Å². The number of furan rings is 1. The van der Waals surface area contributed by atoms with Gasteiger partial charge in [-0.15, -0.1) is 0 Å². The molecule has 2 aromatic rings. The summed E-state index contributed by atoms with van der Waals surface area (Å²) in [5.74, 6) is 0.523. The molecule has 1 amide bonds. The molecular formula is C16H20N2O4S. The second-order valence-electron chi connectivity index (χ2n) is 5.16. The average Bonchev–Trinajstić information content (AvgIpc) is 3.08. The van der Waals surface area contributed by atoms with Crippen LogP contribution < -0.4 is 4.72 Å². The number of rotatable bonds is 7. The van der Waals surface area contributed by atoms with Crippen LogP contribution in [0.5, 0.6) is 0 Å². The van der Waals surface area contributed by atoms with Crippen molar-refractivity contribution in [1.82, 2.24) is 9.62 Å². The van der Waals surface area contributed by atoms with Gasteiger partial charge in [-0.1, -0.05) is 18.2 Å². The highest BCUT2D eigenvalue weighted by Gasteiger charge is 2.20. The lowest BCUT2D eigenvalue weighted by Crippen LogP contribution is -2.33. The van der Waals surface area contributed by atoms with Crippen LogP contribution in [0, 0.1) is 0 Å². The van der Waals surface area contributed by atoms with Gasteiger partial charge in [0.1, 0.15) is 5.76 Å². The Morgan fingerprint density at radius 1 is 1.22 bits per heavy atom. The third kappa shape index (κ3) is 4.43. The molecule has 0 aliphatic carbocycles. The van der Waals surface area contributed by atoms with Gasteiger partial charge in [-0.05, 0) is 31.2 Å². The van der Waals surface area contributed by atoms with Crippen molar-refractivity contribution in [2.75, 3.05) is 13.6 Å². The molecule has 1 aromatic carbocycles. The van der Waals surface area contributed by atoms with E-state index in [1.165, 1.54) is 17.0 Å². The molecule has 6 nitrogen and oxygen atoms in total. The van der Waals surface area contributed by atoms with Gasteiger partial charge in [0, 0.05) is 20.0 Å². The molecule has 0 fully saturated rings. The molecule has 1 heterocycles. The number of nitrogens with one attached hydrogen (secondary N) is 1. The van der Waals surface area contributed by atoms with Crippen LogP contribution in [0.4, 0.5) is 0 Å². The second kappa shape index (κ2) is 7.43. The number of carbonyl (C=O) groups is 1. The van der Waals surface area contributed by atoms with Gasteiger partial charge in [0.15, 0.2) is 0 Å². The van der Waals surface area contributed by atoms with Crippen molar-refractivity contribution in [1.29, 1.82) is 0 Å². The van der Waals surface area contributed by atoms with Crippen LogP contribution >= 0.6 is 0 Å². The maximum Gasteiger partial charge on any atom is 0.240 e. The largest absolute Gasteiger partial charge is 0.467 e. The Morgan fingerprint density at radius 3 is 2.52 bits per heavy atom. The molecule has 1 aromatic heterocycles. The van der Waals surface area contributed by atoms with Gasteiger partial charge in [-0.2, -0.15) is 0 Å². The summed E-state index contributed by atoms with van der Waals surface area (Å²) in [4.78, 5) is 13.9. The monoisotopic (exact) mass is 336 g/mol. The molecule has 0 saturated carbocycles. The molecule has 0 bridgehead atoms. The summed E-state index contributed by atoms with van der Waals surface area (Å²) in [7, 11) is -1.92. The lowest BCUT2D eigenvalue weighted by Gasteiger charge is -2.23. The minimum atomic E-state index is -3.58. The van der Waals surface area contributed by atoms with Crippen molar-refractivity contribution >= 4 is 15.9 Å². The lowest BCUT2D eigenvalue weighted by molar-refractivity contribution is -0.131. The van der Waals surface area contributed by atoms with Crippen molar-refractivity contribution < 1.29 is 17.6 Å². The number of benzene rings is 1. The fourth-order valence-electron chi connectivity index (χ4n) is 2.09. The Morgan fingerprint density at radius 2 is 1.91 bits per heavy atom. The predicted octanol–water partition coefficient (Wildman–Crippen LogP) is 2.17. The van der Waals surface area contributed by atoms with Gasteiger partial charge < -0.3 is 9.32 Å². The van der Waals surface area contributed by atoms with Crippen LogP contribution in [-0.2, 0) is 14.8 Å². The molecule has 124 valence electrons. The van der Waals surface area contributed by atoms with E-state index in [0.717, 1.165) is 0 Å². The quantitative estimate of drug-likeness (QED) is 0.840. The number of carbonyl (C=O) groups excluding carboxylic acids is 1. The fourth-order valence-corrected chi connectivity index (χ4v) is 3.14. The zero-order valence-corrected chi connectivity index (χ0v) is 13.9. The van der Waals surface area contributed by atoms with Crippen LogP contribution in [0.25, 0.3) is 0 Å². The molecule has 1 atom stereocenters. The third-order valence-electron chi connectivity index (χ3n) is 3.61. The molecule has 23 heavy (non-hydrogen) atoms. The van der Waals surface area contributed by atoms with E-state index in [0.29, 0.717) is 5.76 Å². The Bertz CT molecular complexity index is 727. The minimum Gasteiger partial charge on any atom is -0.467 e. The van der Waals surface area contributed by atoms with Crippen molar-refractivity contribution in [3.63, 3.8) is 0 Å². The summed E-state index contributed by atoms with van der Waals surface area (Å²) in [5, 5.41) is 0. The predicted molar refractivity (Wildman–Crippen MR) is 86.1 cm³/mol. The highest BCUT2D eigenvalue weighted by molar-refractivity contribution is 7.89. The van der Waals surface area contributed by atoms with Crippen molar-refractivity contribution in [2.45, 2.75) is 24.3 Å². The molecule has 0 aliphatic heterocycles. The molecule has 0 spiro atoms. The van der Waals surface area contributed by atoms with Crippen molar-refractivity contribution in [3.05, 3.63) is 54.5 Å². The van der Waals surface area contributed by atoms with Crippen LogP contribution in [0.15, 0.2) is 58.0 Å². The molecule has 1 unspecified atom stereocenters. The summed E-state index contributed by atoms with van der Waals surface area (Å²) in [5.41, 5.74) is 0. The second-order valence-corrected chi connectivity index (χ2v) is 6.92. The fraction of sp³-hybridized carbons (Fsp3) is 0.312. The number of sulfonamides is 1. The summed E-state index contributed by atoms with van der Waals surface area (Å²) >= 11 is 0. The van der Waals surface area contributed by atoms with Crippen molar-refractivity contribution in [2.24, 2.45) is 0 Å². The number of hydrogen-bond acceptors (Lipinski definition) is 4. The molecule has 1 N–H and O–H groups in total. The molecule has 2 rings (SSSR count). The Hall–Kier alpha value is -2.12. The van der Waals surface area contributed by atoms with E-state index in [1.54, 1.807) is 43.6 Å². The van der Waals surface area contributed by atoms with Gasteiger partial charge >= 0.3 is 0 Å². The Balaban J connectivity index is 1.87. The van der Waals surface area contributed by atoms with Gasteiger partial charge in [-0.25, -0.2) is 13.1 Å². The Labute approximate surface area is 136 Å². The smallest absolute Gasteiger partial charge is 0.240 e. The van der Waals surface area contributed by atoms with Crippen LogP contribution in [0.2, 0.25) is 0 Å². The van der Waals surface area contributed by atoms with E-state index in [4.69, 9.17) is 4.42 Å². The molecule has 7 heteroatoms. The normalized spacial score (nSPS) is 12.8. The van der Waals surface area contributed by atoms with E-state index in [-0.39, 0.29) is 29.8 Å². The van der Waals surface area contributed by atoms with Gasteiger partial charge in [0.05, 0.1) is 17.2 Å². The summed E-state index contributed by atoms with van der Waals surface area (Å²) in [6, 6.07) is 11.4. The summed E-state index contributed by atoms with van der Waals surface area (Å²) in [6.45, 7) is 1.90. The summed E-state index contributed by atoms with van der Waals surface area (Å²) < 4.78 is 31.8.